The maximum Gasteiger partial charge on any atom is 0.407 e. The van der Waals surface area contributed by atoms with Gasteiger partial charge >= 0.3 is 6.09 Å². The van der Waals surface area contributed by atoms with Crippen LogP contribution in [0.15, 0.2) is 48.7 Å². The molecule has 0 bridgehead atoms. The molecule has 6 rings (SSSR count). The summed E-state index contributed by atoms with van der Waals surface area (Å²) in [7, 11) is 3.41. The Morgan fingerprint density at radius 1 is 0.979 bits per heavy atom. The summed E-state index contributed by atoms with van der Waals surface area (Å²) in [6, 6.07) is 14.7. The summed E-state index contributed by atoms with van der Waals surface area (Å²) >= 11 is 0. The summed E-state index contributed by atoms with van der Waals surface area (Å²) < 4.78 is 11.0. The number of nitrogens with zero attached hydrogens (tertiary/aromatic N) is 4. The minimum Gasteiger partial charge on any atom is -0.488 e. The Morgan fingerprint density at radius 2 is 1.77 bits per heavy atom. The van der Waals surface area contributed by atoms with Crippen molar-refractivity contribution in [1.29, 1.82) is 0 Å². The highest BCUT2D eigenvalue weighted by Crippen LogP contribution is 2.42. The molecule has 0 fully saturated rings. The number of carbonyl (C=O) groups excluding carboxylic acids is 2. The minimum atomic E-state index is -0.731. The fraction of sp³-hybridized carbons (Fsp3) is 0.405. The van der Waals surface area contributed by atoms with E-state index in [0.717, 1.165) is 80.7 Å². The first-order valence-electron chi connectivity index (χ1n) is 16.7. The summed E-state index contributed by atoms with van der Waals surface area (Å²) in [6.45, 7) is 11.6. The fourth-order valence-corrected chi connectivity index (χ4v) is 6.25. The number of amides is 2. The molecule has 11 nitrogen and oxygen atoms in total. The van der Waals surface area contributed by atoms with Crippen LogP contribution in [-0.2, 0) is 29.2 Å². The van der Waals surface area contributed by atoms with Gasteiger partial charge in [-0.1, -0.05) is 32.0 Å². The standard InChI is InChI=1S/C37H45N7O4/c1-8-21(3)43(6)18-34-40-30-13-11-24-15-29-27-12-10-25(14-26(27)20-48-32(29)16-28(24)35(30)42-34)31-17-38-33(41-31)19-44(22(4)9-2)36(45)23(5)39-37(46)47-7/h10-17,21-23H,8-9,18-20H2,1-7H3,(H,38,41)(H,39,46)(H,40,42)/t21-,22-,23-/m0/s1. The molecule has 0 aliphatic carbocycles. The lowest BCUT2D eigenvalue weighted by Gasteiger charge is -2.30. The predicted octanol–water partition coefficient (Wildman–Crippen LogP) is 6.77. The molecule has 2 aromatic heterocycles. The molecule has 0 saturated carbocycles. The number of imidazole rings is 2. The first-order chi connectivity index (χ1) is 23.1. The van der Waals surface area contributed by atoms with Crippen LogP contribution in [0.1, 0.15) is 64.7 Å². The zero-order valence-corrected chi connectivity index (χ0v) is 28.8. The van der Waals surface area contributed by atoms with Crippen molar-refractivity contribution in [3.05, 3.63) is 65.9 Å². The van der Waals surface area contributed by atoms with Gasteiger partial charge in [0.1, 0.15) is 30.0 Å². The molecule has 0 unspecified atom stereocenters. The lowest BCUT2D eigenvalue weighted by molar-refractivity contribution is -0.135. The van der Waals surface area contributed by atoms with E-state index in [9.17, 15) is 9.59 Å². The van der Waals surface area contributed by atoms with Crippen LogP contribution in [0.25, 0.3) is 44.2 Å². The van der Waals surface area contributed by atoms with Crippen molar-refractivity contribution in [2.45, 2.75) is 85.3 Å². The van der Waals surface area contributed by atoms with Gasteiger partial charge in [-0.05, 0) is 87.0 Å². The van der Waals surface area contributed by atoms with Gasteiger partial charge in [0.05, 0.1) is 43.1 Å². The zero-order valence-electron chi connectivity index (χ0n) is 28.8. The van der Waals surface area contributed by atoms with E-state index in [1.807, 2.05) is 13.8 Å². The number of benzene rings is 3. The molecule has 0 saturated heterocycles. The average molecular weight is 652 g/mol. The number of rotatable bonds is 11. The first kappa shape index (κ1) is 33.0. The summed E-state index contributed by atoms with van der Waals surface area (Å²) in [5.41, 5.74) is 7.11. The summed E-state index contributed by atoms with van der Waals surface area (Å²) in [6.07, 6.45) is 3.00. The van der Waals surface area contributed by atoms with Crippen LogP contribution in [0, 0.1) is 0 Å². The molecule has 3 atom stereocenters. The quantitative estimate of drug-likeness (QED) is 0.144. The number of hydrogen-bond donors (Lipinski definition) is 3. The molecular formula is C37H45N7O4. The van der Waals surface area contributed by atoms with Crippen molar-refractivity contribution in [1.82, 2.24) is 35.1 Å². The molecule has 48 heavy (non-hydrogen) atoms. The van der Waals surface area contributed by atoms with Gasteiger partial charge in [-0.25, -0.2) is 14.8 Å². The third-order valence-electron chi connectivity index (χ3n) is 9.69. The lowest BCUT2D eigenvalue weighted by Crippen LogP contribution is -2.49. The third-order valence-corrected chi connectivity index (χ3v) is 9.69. The van der Waals surface area contributed by atoms with Crippen molar-refractivity contribution in [3.8, 4) is 28.1 Å². The lowest BCUT2D eigenvalue weighted by atomic mass is 9.92. The Morgan fingerprint density at radius 3 is 2.52 bits per heavy atom. The highest BCUT2D eigenvalue weighted by atomic mass is 16.5. The minimum absolute atomic E-state index is 0.0486. The van der Waals surface area contributed by atoms with Crippen molar-refractivity contribution in [2.75, 3.05) is 14.2 Å². The summed E-state index contributed by atoms with van der Waals surface area (Å²) in [4.78, 5) is 45.5. The second-order valence-electron chi connectivity index (χ2n) is 12.9. The molecule has 5 aromatic rings. The van der Waals surface area contributed by atoms with Crippen LogP contribution in [-0.4, -0.2) is 74.0 Å². The number of aromatic amines is 2. The number of carbonyl (C=O) groups is 2. The van der Waals surface area contributed by atoms with Crippen molar-refractivity contribution >= 4 is 33.8 Å². The van der Waals surface area contributed by atoms with Crippen molar-refractivity contribution in [3.63, 3.8) is 0 Å². The highest BCUT2D eigenvalue weighted by Gasteiger charge is 2.27. The first-order valence-corrected chi connectivity index (χ1v) is 16.7. The van der Waals surface area contributed by atoms with Crippen molar-refractivity contribution in [2.24, 2.45) is 0 Å². The topological polar surface area (TPSA) is 128 Å². The van der Waals surface area contributed by atoms with Gasteiger partial charge in [0.15, 0.2) is 0 Å². The Kier molecular flexibility index (Phi) is 9.41. The summed E-state index contributed by atoms with van der Waals surface area (Å²) in [5, 5.41) is 4.76. The number of aromatic nitrogens is 4. The van der Waals surface area contributed by atoms with Crippen LogP contribution in [0.4, 0.5) is 4.79 Å². The molecule has 2 amide bonds. The van der Waals surface area contributed by atoms with E-state index < -0.39 is 12.1 Å². The van der Waals surface area contributed by atoms with Crippen LogP contribution in [0.3, 0.4) is 0 Å². The number of fused-ring (bicyclic) bond motifs is 6. The Hall–Kier alpha value is -4.90. The fourth-order valence-electron chi connectivity index (χ4n) is 6.25. The van der Waals surface area contributed by atoms with Gasteiger partial charge in [-0.2, -0.15) is 0 Å². The number of H-pyrrole nitrogens is 2. The van der Waals surface area contributed by atoms with E-state index in [4.69, 9.17) is 9.72 Å². The second kappa shape index (κ2) is 13.7. The van der Waals surface area contributed by atoms with Gasteiger partial charge in [0, 0.05) is 23.0 Å². The Balaban J connectivity index is 1.24. The zero-order chi connectivity index (χ0) is 34.1. The van der Waals surface area contributed by atoms with Gasteiger partial charge in [-0.15, -0.1) is 0 Å². The average Bonchev–Trinajstić information content (AvgIpc) is 3.75. The Labute approximate surface area is 281 Å². The molecule has 0 spiro atoms. The third kappa shape index (κ3) is 6.47. The van der Waals surface area contributed by atoms with Gasteiger partial charge in [0.25, 0.3) is 0 Å². The molecule has 252 valence electrons. The van der Waals surface area contributed by atoms with E-state index in [-0.39, 0.29) is 18.5 Å². The molecule has 1 aliphatic rings. The molecule has 0 radical (unpaired) electrons. The van der Waals surface area contributed by atoms with E-state index in [2.05, 4.69) is 93.3 Å². The monoisotopic (exact) mass is 651 g/mol. The number of nitrogens with one attached hydrogen (secondary N) is 3. The maximum atomic E-state index is 13.2. The molecule has 3 N–H and O–H groups in total. The van der Waals surface area contributed by atoms with E-state index >= 15 is 0 Å². The molecular weight excluding hydrogens is 606 g/mol. The van der Waals surface area contributed by atoms with Crippen LogP contribution in [0.5, 0.6) is 5.75 Å². The number of hydrogen-bond acceptors (Lipinski definition) is 7. The smallest absolute Gasteiger partial charge is 0.407 e. The van der Waals surface area contributed by atoms with Crippen molar-refractivity contribution < 1.29 is 19.1 Å². The summed E-state index contributed by atoms with van der Waals surface area (Å²) in [5.74, 6) is 2.27. The Bertz CT molecular complexity index is 1960. The predicted molar refractivity (Wildman–Crippen MR) is 187 cm³/mol. The van der Waals surface area contributed by atoms with Gasteiger partial charge < -0.3 is 29.7 Å². The number of methoxy groups -OCH3 is 1. The SMILES string of the molecule is CC[C@H](C)N(C)Cc1nc2c(ccc3cc4c(cc32)OCc2cc(-c3cnc(CN(C(=O)[C@H](C)NC(=O)OC)[C@@H](C)CC)[nH]3)ccc2-4)[nH]1. The number of ether oxygens (including phenoxy) is 2. The maximum absolute atomic E-state index is 13.2. The second-order valence-corrected chi connectivity index (χ2v) is 12.9. The highest BCUT2D eigenvalue weighted by molar-refractivity contribution is 6.07. The van der Waals surface area contributed by atoms with E-state index in [1.165, 1.54) is 7.11 Å². The number of alkyl carbamates (subject to hydrolysis) is 1. The van der Waals surface area contributed by atoms with Crippen LogP contribution in [0.2, 0.25) is 0 Å². The van der Waals surface area contributed by atoms with Crippen LogP contribution >= 0.6 is 0 Å². The van der Waals surface area contributed by atoms with Crippen LogP contribution < -0.4 is 10.1 Å². The van der Waals surface area contributed by atoms with Gasteiger partial charge in [0.2, 0.25) is 5.91 Å². The molecule has 11 heteroatoms. The van der Waals surface area contributed by atoms with E-state index in [1.54, 1.807) is 18.0 Å². The largest absolute Gasteiger partial charge is 0.488 e. The molecule has 3 heterocycles. The van der Waals surface area contributed by atoms with E-state index in [0.29, 0.717) is 18.5 Å². The molecule has 3 aromatic carbocycles. The normalized spacial score (nSPS) is 14.2. The van der Waals surface area contributed by atoms with Gasteiger partial charge in [-0.3, -0.25) is 9.69 Å². The molecule has 1 aliphatic heterocycles.